The quantitative estimate of drug-likeness (QED) is 0.483. The molecule has 1 aromatic rings. The van der Waals surface area contributed by atoms with Crippen LogP contribution in [0.1, 0.15) is 9.67 Å². The lowest BCUT2D eigenvalue weighted by Gasteiger charge is -2.31. The van der Waals surface area contributed by atoms with E-state index in [1.165, 1.54) is 12.1 Å². The summed E-state index contributed by atoms with van der Waals surface area (Å²) in [6.07, 6.45) is -0.167. The molecule has 6 nitrogen and oxygen atoms in total. The van der Waals surface area contributed by atoms with Crippen LogP contribution in [0.15, 0.2) is 12.1 Å². The number of carbonyl (C=O) groups excluding carboxylic acids is 1. The fourth-order valence-electron chi connectivity index (χ4n) is 1.69. The zero-order chi connectivity index (χ0) is 13.1. The van der Waals surface area contributed by atoms with E-state index < -0.39 is 4.92 Å². The zero-order valence-corrected chi connectivity index (χ0v) is 10.9. The normalized spacial score (nSPS) is 19.8. The Labute approximate surface area is 112 Å². The van der Waals surface area contributed by atoms with Crippen LogP contribution >= 0.6 is 22.9 Å². The molecule has 2 heterocycles. The Morgan fingerprint density at radius 3 is 3.06 bits per heavy atom. The Morgan fingerprint density at radius 1 is 1.67 bits per heavy atom. The van der Waals surface area contributed by atoms with Gasteiger partial charge in [0.25, 0.3) is 5.91 Å². The Morgan fingerprint density at radius 2 is 2.44 bits per heavy atom. The molecule has 1 unspecified atom stereocenters. The fraction of sp³-hybridized carbons (Fsp3) is 0.500. The first-order chi connectivity index (χ1) is 8.61. The smallest absolute Gasteiger partial charge is 0.324 e. The van der Waals surface area contributed by atoms with E-state index in [4.69, 9.17) is 16.3 Å². The Hall–Kier alpha value is -1.18. The minimum atomic E-state index is -0.498. The first-order valence-corrected chi connectivity index (χ1v) is 6.68. The fourth-order valence-corrected chi connectivity index (χ4v) is 2.67. The van der Waals surface area contributed by atoms with Gasteiger partial charge in [-0.2, -0.15) is 0 Å². The van der Waals surface area contributed by atoms with Gasteiger partial charge in [-0.1, -0.05) is 11.3 Å². The molecular formula is C10H11ClN2O4S. The Bertz CT molecular complexity index is 464. The number of amides is 1. The van der Waals surface area contributed by atoms with Crippen LogP contribution in [0.5, 0.6) is 0 Å². The van der Waals surface area contributed by atoms with Gasteiger partial charge in [0.1, 0.15) is 0 Å². The lowest BCUT2D eigenvalue weighted by Crippen LogP contribution is -2.46. The molecule has 18 heavy (non-hydrogen) atoms. The molecule has 1 saturated heterocycles. The van der Waals surface area contributed by atoms with Crippen LogP contribution in [0.25, 0.3) is 0 Å². The molecule has 0 aromatic carbocycles. The van der Waals surface area contributed by atoms with Gasteiger partial charge in [-0.05, 0) is 6.07 Å². The highest BCUT2D eigenvalue weighted by Gasteiger charge is 2.26. The van der Waals surface area contributed by atoms with E-state index >= 15 is 0 Å². The first kappa shape index (κ1) is 13.3. The van der Waals surface area contributed by atoms with E-state index in [-0.39, 0.29) is 17.0 Å². The molecule has 0 N–H and O–H groups in total. The van der Waals surface area contributed by atoms with Crippen LogP contribution < -0.4 is 0 Å². The second-order valence-electron chi connectivity index (χ2n) is 3.79. The van der Waals surface area contributed by atoms with Crippen LogP contribution in [0, 0.1) is 10.1 Å². The molecule has 0 saturated carbocycles. The largest absolute Gasteiger partial charge is 0.373 e. The first-order valence-electron chi connectivity index (χ1n) is 5.33. The van der Waals surface area contributed by atoms with Crippen molar-refractivity contribution in [1.29, 1.82) is 0 Å². The van der Waals surface area contributed by atoms with Gasteiger partial charge in [-0.3, -0.25) is 14.9 Å². The van der Waals surface area contributed by atoms with Crippen LogP contribution in [0.4, 0.5) is 5.00 Å². The van der Waals surface area contributed by atoms with Gasteiger partial charge in [0.15, 0.2) is 0 Å². The summed E-state index contributed by atoms with van der Waals surface area (Å²) in [6.45, 7) is 1.35. The van der Waals surface area contributed by atoms with E-state index in [0.29, 0.717) is 30.5 Å². The summed E-state index contributed by atoms with van der Waals surface area (Å²) >= 11 is 6.58. The molecule has 1 amide bonds. The topological polar surface area (TPSA) is 72.7 Å². The van der Waals surface area contributed by atoms with E-state index in [9.17, 15) is 14.9 Å². The molecule has 1 aromatic heterocycles. The van der Waals surface area contributed by atoms with Crippen LogP contribution in [0.3, 0.4) is 0 Å². The number of morpholine rings is 1. The molecule has 98 valence electrons. The molecule has 1 atom stereocenters. The summed E-state index contributed by atoms with van der Waals surface area (Å²) in [6, 6.07) is 2.83. The maximum absolute atomic E-state index is 12.1. The summed E-state index contributed by atoms with van der Waals surface area (Å²) in [7, 11) is 0. The van der Waals surface area contributed by atoms with Crippen molar-refractivity contribution in [2.24, 2.45) is 0 Å². The van der Waals surface area contributed by atoms with Crippen molar-refractivity contribution < 1.29 is 14.5 Å². The Kier molecular flexibility index (Phi) is 4.15. The van der Waals surface area contributed by atoms with Gasteiger partial charge in [-0.25, -0.2) is 0 Å². The third kappa shape index (κ3) is 2.80. The number of nitro groups is 1. The van der Waals surface area contributed by atoms with Gasteiger partial charge in [0, 0.05) is 19.2 Å². The molecule has 0 bridgehead atoms. The number of thiophene rings is 1. The molecule has 1 aliphatic heterocycles. The van der Waals surface area contributed by atoms with E-state index in [2.05, 4.69) is 0 Å². The summed E-state index contributed by atoms with van der Waals surface area (Å²) < 4.78 is 5.36. The third-order valence-electron chi connectivity index (χ3n) is 2.58. The van der Waals surface area contributed by atoms with Gasteiger partial charge in [0.05, 0.1) is 28.4 Å². The maximum atomic E-state index is 12.1. The van der Waals surface area contributed by atoms with Crippen molar-refractivity contribution in [3.63, 3.8) is 0 Å². The van der Waals surface area contributed by atoms with Gasteiger partial charge < -0.3 is 9.64 Å². The highest BCUT2D eigenvalue weighted by Crippen LogP contribution is 2.25. The minimum absolute atomic E-state index is 0.0273. The summed E-state index contributed by atoms with van der Waals surface area (Å²) in [4.78, 5) is 24.2. The van der Waals surface area contributed by atoms with Crippen molar-refractivity contribution in [2.45, 2.75) is 6.10 Å². The van der Waals surface area contributed by atoms with E-state index in [1.54, 1.807) is 4.90 Å². The highest BCUT2D eigenvalue weighted by molar-refractivity contribution is 7.17. The lowest BCUT2D eigenvalue weighted by molar-refractivity contribution is -0.380. The van der Waals surface area contributed by atoms with Gasteiger partial charge in [-0.15, -0.1) is 11.6 Å². The van der Waals surface area contributed by atoms with Crippen molar-refractivity contribution in [1.82, 2.24) is 4.90 Å². The number of ether oxygens (including phenoxy) is 1. The van der Waals surface area contributed by atoms with Crippen molar-refractivity contribution in [3.8, 4) is 0 Å². The number of carbonyl (C=O) groups is 1. The second-order valence-corrected chi connectivity index (χ2v) is 5.16. The van der Waals surface area contributed by atoms with Gasteiger partial charge >= 0.3 is 5.00 Å². The zero-order valence-electron chi connectivity index (χ0n) is 9.37. The molecule has 8 heteroatoms. The number of hydrogen-bond acceptors (Lipinski definition) is 5. The van der Waals surface area contributed by atoms with Crippen molar-refractivity contribution >= 4 is 33.8 Å². The molecular weight excluding hydrogens is 280 g/mol. The van der Waals surface area contributed by atoms with Crippen molar-refractivity contribution in [3.05, 3.63) is 27.1 Å². The van der Waals surface area contributed by atoms with Gasteiger partial charge in [0.2, 0.25) is 0 Å². The standard InChI is InChI=1S/C10H11ClN2O4S/c11-5-7-6-12(3-4-17-7)10(14)8-1-2-9(18-8)13(15)16/h1-2,7H,3-6H2. The van der Waals surface area contributed by atoms with E-state index in [1.807, 2.05) is 0 Å². The monoisotopic (exact) mass is 290 g/mol. The average molecular weight is 291 g/mol. The molecule has 0 aliphatic carbocycles. The second kappa shape index (κ2) is 5.64. The molecule has 0 radical (unpaired) electrons. The summed E-state index contributed by atoms with van der Waals surface area (Å²) in [5, 5.41) is 10.5. The summed E-state index contributed by atoms with van der Waals surface area (Å²) in [5.74, 6) is 0.125. The average Bonchev–Trinajstić information content (AvgIpc) is 2.87. The molecule has 0 spiro atoms. The lowest BCUT2D eigenvalue weighted by atomic mass is 10.3. The number of nitrogens with zero attached hydrogens (tertiary/aromatic N) is 2. The van der Waals surface area contributed by atoms with Crippen molar-refractivity contribution in [2.75, 3.05) is 25.6 Å². The molecule has 1 aliphatic rings. The maximum Gasteiger partial charge on any atom is 0.324 e. The van der Waals surface area contributed by atoms with Crippen LogP contribution in [-0.2, 0) is 4.74 Å². The summed E-state index contributed by atoms with van der Waals surface area (Å²) in [5.41, 5.74) is 0. The SMILES string of the molecule is O=C(c1ccc([N+](=O)[O-])s1)N1CCOC(CCl)C1. The van der Waals surface area contributed by atoms with Crippen LogP contribution in [-0.4, -0.2) is 47.4 Å². The van der Waals surface area contributed by atoms with Crippen LogP contribution in [0.2, 0.25) is 0 Å². The predicted octanol–water partition coefficient (Wildman–Crippen LogP) is 1.74. The number of rotatable bonds is 3. The predicted molar refractivity (Wildman–Crippen MR) is 67.3 cm³/mol. The third-order valence-corrected chi connectivity index (χ3v) is 3.95. The molecule has 1 fully saturated rings. The molecule has 2 rings (SSSR count). The number of hydrogen-bond donors (Lipinski definition) is 0. The highest BCUT2D eigenvalue weighted by atomic mass is 35.5. The Balaban J connectivity index is 2.07. The number of halogens is 1. The van der Waals surface area contributed by atoms with E-state index in [0.717, 1.165) is 11.3 Å². The number of alkyl halides is 1. The minimum Gasteiger partial charge on any atom is -0.373 e.